The lowest BCUT2D eigenvalue weighted by molar-refractivity contribution is 0.381. The normalized spacial score (nSPS) is 20.8. The number of hydrogen-bond acceptors (Lipinski definition) is 3. The molecule has 16 heavy (non-hydrogen) atoms. The molecule has 1 fully saturated rings. The minimum atomic E-state index is 0.784. The van der Waals surface area contributed by atoms with Crippen LogP contribution >= 0.6 is 0 Å². The SMILES string of the molecule is Cc1cc(N(C)CC2CCCNC2)ccn1. The summed E-state index contributed by atoms with van der Waals surface area (Å²) < 4.78 is 0. The average Bonchev–Trinajstić information content (AvgIpc) is 2.30. The van der Waals surface area contributed by atoms with Crippen LogP contribution in [0, 0.1) is 12.8 Å². The standard InChI is InChI=1S/C13H21N3/c1-11-8-13(5-7-15-11)16(2)10-12-4-3-6-14-9-12/h5,7-8,12,14H,3-4,6,9-10H2,1-2H3. The zero-order chi connectivity index (χ0) is 11.4. The maximum Gasteiger partial charge on any atom is 0.0397 e. The zero-order valence-corrected chi connectivity index (χ0v) is 10.2. The molecule has 0 aromatic carbocycles. The molecule has 1 N–H and O–H groups in total. The number of nitrogens with zero attached hydrogens (tertiary/aromatic N) is 2. The molecule has 3 nitrogen and oxygen atoms in total. The van der Waals surface area contributed by atoms with E-state index >= 15 is 0 Å². The number of hydrogen-bond donors (Lipinski definition) is 1. The minimum absolute atomic E-state index is 0.784. The van der Waals surface area contributed by atoms with E-state index in [2.05, 4.69) is 34.4 Å². The van der Waals surface area contributed by atoms with Crippen molar-refractivity contribution in [2.75, 3.05) is 31.6 Å². The van der Waals surface area contributed by atoms with Crippen LogP contribution in [0.25, 0.3) is 0 Å². The quantitative estimate of drug-likeness (QED) is 0.840. The Morgan fingerprint density at radius 3 is 3.12 bits per heavy atom. The fourth-order valence-corrected chi connectivity index (χ4v) is 2.34. The third-order valence-corrected chi connectivity index (χ3v) is 3.25. The third kappa shape index (κ3) is 2.95. The predicted molar refractivity (Wildman–Crippen MR) is 67.8 cm³/mol. The lowest BCUT2D eigenvalue weighted by atomic mass is 9.99. The molecular formula is C13H21N3. The Morgan fingerprint density at radius 1 is 1.56 bits per heavy atom. The van der Waals surface area contributed by atoms with Crippen molar-refractivity contribution in [3.05, 3.63) is 24.0 Å². The van der Waals surface area contributed by atoms with Crippen LogP contribution in [-0.4, -0.2) is 31.7 Å². The van der Waals surface area contributed by atoms with Crippen molar-refractivity contribution in [3.63, 3.8) is 0 Å². The Hall–Kier alpha value is -1.09. The molecule has 2 heterocycles. The highest BCUT2D eigenvalue weighted by Crippen LogP contribution is 2.17. The molecule has 0 saturated carbocycles. The van der Waals surface area contributed by atoms with Crippen LogP contribution in [0.3, 0.4) is 0 Å². The largest absolute Gasteiger partial charge is 0.374 e. The number of nitrogens with one attached hydrogen (secondary N) is 1. The summed E-state index contributed by atoms with van der Waals surface area (Å²) in [4.78, 5) is 6.57. The molecule has 1 aliphatic rings. The first kappa shape index (κ1) is 11.4. The van der Waals surface area contributed by atoms with Gasteiger partial charge >= 0.3 is 0 Å². The first-order chi connectivity index (χ1) is 7.75. The van der Waals surface area contributed by atoms with Gasteiger partial charge in [-0.15, -0.1) is 0 Å². The molecule has 1 unspecified atom stereocenters. The molecule has 1 aromatic rings. The second-order valence-electron chi connectivity index (χ2n) is 4.75. The number of anilines is 1. The van der Waals surface area contributed by atoms with Gasteiger partial charge in [-0.3, -0.25) is 4.98 Å². The molecule has 1 saturated heterocycles. The summed E-state index contributed by atoms with van der Waals surface area (Å²) >= 11 is 0. The van der Waals surface area contributed by atoms with Crippen molar-refractivity contribution >= 4 is 5.69 Å². The molecule has 1 aromatic heterocycles. The van der Waals surface area contributed by atoms with Gasteiger partial charge in [0.2, 0.25) is 0 Å². The Kier molecular flexibility index (Phi) is 3.78. The highest BCUT2D eigenvalue weighted by molar-refractivity contribution is 5.45. The summed E-state index contributed by atoms with van der Waals surface area (Å²) in [5.74, 6) is 0.784. The second kappa shape index (κ2) is 5.30. The van der Waals surface area contributed by atoms with Crippen LogP contribution in [0.4, 0.5) is 5.69 Å². The summed E-state index contributed by atoms with van der Waals surface area (Å²) in [7, 11) is 2.17. The summed E-state index contributed by atoms with van der Waals surface area (Å²) in [5.41, 5.74) is 2.36. The summed E-state index contributed by atoms with van der Waals surface area (Å²) in [5, 5.41) is 3.46. The van der Waals surface area contributed by atoms with E-state index in [1.807, 2.05) is 13.1 Å². The topological polar surface area (TPSA) is 28.2 Å². The molecule has 1 atom stereocenters. The van der Waals surface area contributed by atoms with Gasteiger partial charge in [-0.25, -0.2) is 0 Å². The van der Waals surface area contributed by atoms with Crippen molar-refractivity contribution < 1.29 is 0 Å². The van der Waals surface area contributed by atoms with E-state index in [9.17, 15) is 0 Å². The molecule has 0 spiro atoms. The van der Waals surface area contributed by atoms with E-state index in [1.165, 1.54) is 25.1 Å². The van der Waals surface area contributed by atoms with E-state index in [0.717, 1.165) is 24.7 Å². The molecule has 88 valence electrons. The van der Waals surface area contributed by atoms with Gasteiger partial charge in [0.15, 0.2) is 0 Å². The van der Waals surface area contributed by atoms with Gasteiger partial charge in [-0.1, -0.05) is 0 Å². The smallest absolute Gasteiger partial charge is 0.0397 e. The highest BCUT2D eigenvalue weighted by atomic mass is 15.1. The number of pyridine rings is 1. The van der Waals surface area contributed by atoms with Crippen LogP contribution in [0.5, 0.6) is 0 Å². The molecule has 1 aliphatic heterocycles. The van der Waals surface area contributed by atoms with Crippen molar-refractivity contribution in [2.24, 2.45) is 5.92 Å². The number of piperidine rings is 1. The summed E-state index contributed by atoms with van der Waals surface area (Å²) in [6, 6.07) is 4.24. The van der Waals surface area contributed by atoms with Crippen molar-refractivity contribution in [3.8, 4) is 0 Å². The first-order valence-electron chi connectivity index (χ1n) is 6.10. The van der Waals surface area contributed by atoms with Gasteiger partial charge in [0.1, 0.15) is 0 Å². The van der Waals surface area contributed by atoms with E-state index in [0.29, 0.717) is 0 Å². The minimum Gasteiger partial charge on any atom is -0.374 e. The Morgan fingerprint density at radius 2 is 2.44 bits per heavy atom. The van der Waals surface area contributed by atoms with Crippen LogP contribution < -0.4 is 10.2 Å². The third-order valence-electron chi connectivity index (χ3n) is 3.25. The van der Waals surface area contributed by atoms with Crippen LogP contribution in [-0.2, 0) is 0 Å². The van der Waals surface area contributed by atoms with Gasteiger partial charge in [0.25, 0.3) is 0 Å². The maximum atomic E-state index is 4.23. The van der Waals surface area contributed by atoms with Gasteiger partial charge < -0.3 is 10.2 Å². The van der Waals surface area contributed by atoms with Crippen LogP contribution in [0.1, 0.15) is 18.5 Å². The highest BCUT2D eigenvalue weighted by Gasteiger charge is 2.15. The maximum absolute atomic E-state index is 4.23. The molecule has 0 radical (unpaired) electrons. The molecule has 3 heteroatoms. The monoisotopic (exact) mass is 219 g/mol. The lowest BCUT2D eigenvalue weighted by Crippen LogP contribution is -2.36. The lowest BCUT2D eigenvalue weighted by Gasteiger charge is -2.28. The second-order valence-corrected chi connectivity index (χ2v) is 4.75. The predicted octanol–water partition coefficient (Wildman–Crippen LogP) is 1.83. The molecule has 0 bridgehead atoms. The van der Waals surface area contributed by atoms with E-state index in [-0.39, 0.29) is 0 Å². The Labute approximate surface area is 97.9 Å². The molecule has 0 aliphatic carbocycles. The summed E-state index contributed by atoms with van der Waals surface area (Å²) in [6.45, 7) is 5.53. The van der Waals surface area contributed by atoms with E-state index in [1.54, 1.807) is 0 Å². The fraction of sp³-hybridized carbons (Fsp3) is 0.615. The van der Waals surface area contributed by atoms with Crippen molar-refractivity contribution in [1.82, 2.24) is 10.3 Å². The van der Waals surface area contributed by atoms with Crippen LogP contribution in [0.15, 0.2) is 18.3 Å². The van der Waals surface area contributed by atoms with Gasteiger partial charge in [-0.2, -0.15) is 0 Å². The molecule has 0 amide bonds. The Bertz CT molecular complexity index is 332. The van der Waals surface area contributed by atoms with Crippen LogP contribution in [0.2, 0.25) is 0 Å². The van der Waals surface area contributed by atoms with Crippen molar-refractivity contribution in [1.29, 1.82) is 0 Å². The first-order valence-corrected chi connectivity index (χ1v) is 6.10. The number of aryl methyl sites for hydroxylation is 1. The van der Waals surface area contributed by atoms with Crippen molar-refractivity contribution in [2.45, 2.75) is 19.8 Å². The number of aromatic nitrogens is 1. The van der Waals surface area contributed by atoms with E-state index in [4.69, 9.17) is 0 Å². The molecular weight excluding hydrogens is 198 g/mol. The summed E-state index contributed by atoms with van der Waals surface area (Å²) in [6.07, 6.45) is 4.55. The van der Waals surface area contributed by atoms with Gasteiger partial charge in [-0.05, 0) is 50.9 Å². The zero-order valence-electron chi connectivity index (χ0n) is 10.2. The Balaban J connectivity index is 1.94. The fourth-order valence-electron chi connectivity index (χ4n) is 2.34. The number of rotatable bonds is 3. The molecule has 2 rings (SSSR count). The van der Waals surface area contributed by atoms with Gasteiger partial charge in [0, 0.05) is 31.2 Å². The van der Waals surface area contributed by atoms with Gasteiger partial charge in [0.05, 0.1) is 0 Å². The van der Waals surface area contributed by atoms with E-state index < -0.39 is 0 Å². The average molecular weight is 219 g/mol.